The number of carbonyl (C=O) groups excluding carboxylic acids is 2. The van der Waals surface area contributed by atoms with Crippen LogP contribution in [0.25, 0.3) is 0 Å². The van der Waals surface area contributed by atoms with Crippen molar-refractivity contribution in [1.29, 1.82) is 0 Å². The smallest absolute Gasteiger partial charge is 0.254 e. The fraction of sp³-hybridized carbons (Fsp3) is 0.467. The zero-order valence-electron chi connectivity index (χ0n) is 12.1. The third kappa shape index (κ3) is 3.88. The molecule has 1 aromatic carbocycles. The first-order chi connectivity index (χ1) is 9.90. The van der Waals surface area contributed by atoms with E-state index < -0.39 is 0 Å². The number of piperazine rings is 1. The second-order valence-corrected chi connectivity index (χ2v) is 6.97. The normalized spacial score (nSPS) is 15.5. The summed E-state index contributed by atoms with van der Waals surface area (Å²) in [7, 11) is 0. The van der Waals surface area contributed by atoms with Gasteiger partial charge >= 0.3 is 0 Å². The number of halogens is 2. The average Bonchev–Trinajstić information content (AvgIpc) is 2.48. The minimum absolute atomic E-state index is 0.00209. The Morgan fingerprint density at radius 1 is 1.14 bits per heavy atom. The van der Waals surface area contributed by atoms with Crippen LogP contribution in [-0.4, -0.2) is 47.8 Å². The Labute approximate surface area is 143 Å². The van der Waals surface area contributed by atoms with Gasteiger partial charge in [0.25, 0.3) is 5.91 Å². The van der Waals surface area contributed by atoms with Gasteiger partial charge in [-0.05, 0) is 40.8 Å². The van der Waals surface area contributed by atoms with Crippen LogP contribution in [0.1, 0.15) is 24.2 Å². The lowest BCUT2D eigenvalue weighted by atomic mass is 10.1. The maximum Gasteiger partial charge on any atom is 0.254 e. The van der Waals surface area contributed by atoms with Gasteiger partial charge < -0.3 is 9.80 Å². The monoisotopic (exact) mass is 420 g/mol. The summed E-state index contributed by atoms with van der Waals surface area (Å²) < 4.78 is 0.929. The summed E-state index contributed by atoms with van der Waals surface area (Å²) in [6.07, 6.45) is 0. The summed E-state index contributed by atoms with van der Waals surface area (Å²) in [6, 6.07) is 5.34. The van der Waals surface area contributed by atoms with Crippen LogP contribution in [0.2, 0.25) is 5.02 Å². The van der Waals surface area contributed by atoms with Gasteiger partial charge in [0.15, 0.2) is 0 Å². The second-order valence-electron chi connectivity index (χ2n) is 5.40. The topological polar surface area (TPSA) is 40.6 Å². The molecule has 0 aliphatic carbocycles. The molecule has 21 heavy (non-hydrogen) atoms. The van der Waals surface area contributed by atoms with Crippen LogP contribution in [0, 0.1) is 9.49 Å². The molecule has 0 aromatic heterocycles. The molecular formula is C15H18ClIN2O2. The largest absolute Gasteiger partial charge is 0.339 e. The first-order valence-electron chi connectivity index (χ1n) is 6.93. The van der Waals surface area contributed by atoms with E-state index in [1.165, 1.54) is 0 Å². The maximum absolute atomic E-state index is 12.4. The van der Waals surface area contributed by atoms with Gasteiger partial charge in [0, 0.05) is 41.2 Å². The SMILES string of the molecule is CC(C)C(=O)N1CCN(C(=O)c2ccc(I)c(Cl)c2)CC1. The molecule has 0 spiro atoms. The van der Waals surface area contributed by atoms with E-state index in [-0.39, 0.29) is 17.7 Å². The van der Waals surface area contributed by atoms with E-state index in [1.54, 1.807) is 17.0 Å². The minimum Gasteiger partial charge on any atom is -0.339 e. The molecule has 0 saturated carbocycles. The van der Waals surface area contributed by atoms with Crippen LogP contribution in [0.5, 0.6) is 0 Å². The molecule has 1 aromatic rings. The third-order valence-corrected chi connectivity index (χ3v) is 5.11. The van der Waals surface area contributed by atoms with E-state index in [4.69, 9.17) is 11.6 Å². The summed E-state index contributed by atoms with van der Waals surface area (Å²) in [5.41, 5.74) is 0.601. The van der Waals surface area contributed by atoms with E-state index >= 15 is 0 Å². The van der Waals surface area contributed by atoms with Gasteiger partial charge in [0.05, 0.1) is 5.02 Å². The molecule has 2 rings (SSSR count). The molecule has 114 valence electrons. The Morgan fingerprint density at radius 2 is 1.71 bits per heavy atom. The van der Waals surface area contributed by atoms with Gasteiger partial charge in [0.2, 0.25) is 5.91 Å². The lowest BCUT2D eigenvalue weighted by molar-refractivity contribution is -0.135. The summed E-state index contributed by atoms with van der Waals surface area (Å²) in [5, 5.41) is 0.593. The molecule has 6 heteroatoms. The Bertz CT molecular complexity index is 555. The zero-order valence-corrected chi connectivity index (χ0v) is 15.0. The standard InChI is InChI=1S/C15H18ClIN2O2/c1-10(2)14(20)18-5-7-19(8-6-18)15(21)11-3-4-13(17)12(16)9-11/h3-4,9-10H,5-8H2,1-2H3. The summed E-state index contributed by atoms with van der Waals surface area (Å²) >= 11 is 8.20. The highest BCUT2D eigenvalue weighted by Crippen LogP contribution is 2.21. The molecule has 0 atom stereocenters. The minimum atomic E-state index is -0.0232. The molecule has 1 aliphatic heterocycles. The lowest BCUT2D eigenvalue weighted by Crippen LogP contribution is -2.51. The van der Waals surface area contributed by atoms with Crippen LogP contribution < -0.4 is 0 Å². The predicted molar refractivity (Wildman–Crippen MR) is 91.5 cm³/mol. The third-order valence-electron chi connectivity index (χ3n) is 3.54. The van der Waals surface area contributed by atoms with E-state index in [9.17, 15) is 9.59 Å². The highest BCUT2D eigenvalue weighted by Gasteiger charge is 2.26. The van der Waals surface area contributed by atoms with Crippen LogP contribution in [0.3, 0.4) is 0 Å². The molecule has 1 fully saturated rings. The average molecular weight is 421 g/mol. The van der Waals surface area contributed by atoms with Crippen molar-refractivity contribution in [3.05, 3.63) is 32.4 Å². The summed E-state index contributed by atoms with van der Waals surface area (Å²) in [4.78, 5) is 28.0. The van der Waals surface area contributed by atoms with Crippen molar-refractivity contribution < 1.29 is 9.59 Å². The first kappa shape index (κ1) is 16.5. The number of benzene rings is 1. The molecule has 0 unspecified atom stereocenters. The highest BCUT2D eigenvalue weighted by atomic mass is 127. The number of carbonyl (C=O) groups is 2. The fourth-order valence-electron chi connectivity index (χ4n) is 2.31. The van der Waals surface area contributed by atoms with E-state index in [0.29, 0.717) is 36.8 Å². The Balaban J connectivity index is 2.00. The quantitative estimate of drug-likeness (QED) is 0.690. The molecule has 4 nitrogen and oxygen atoms in total. The molecule has 0 radical (unpaired) electrons. The number of hydrogen-bond acceptors (Lipinski definition) is 2. The molecular weight excluding hydrogens is 403 g/mol. The second kappa shape index (κ2) is 6.96. The molecule has 0 N–H and O–H groups in total. The predicted octanol–water partition coefficient (Wildman–Crippen LogP) is 2.89. The molecule has 2 amide bonds. The number of rotatable bonds is 2. The van der Waals surface area contributed by atoms with E-state index in [1.807, 2.05) is 24.8 Å². The van der Waals surface area contributed by atoms with Crippen molar-refractivity contribution in [2.45, 2.75) is 13.8 Å². The van der Waals surface area contributed by atoms with Crippen molar-refractivity contribution >= 4 is 46.0 Å². The van der Waals surface area contributed by atoms with Crippen molar-refractivity contribution in [3.63, 3.8) is 0 Å². The summed E-state index contributed by atoms with van der Waals surface area (Å²) in [6.45, 7) is 6.13. The first-order valence-corrected chi connectivity index (χ1v) is 8.39. The number of hydrogen-bond donors (Lipinski definition) is 0. The number of amides is 2. The van der Waals surface area contributed by atoms with Crippen molar-refractivity contribution in [2.24, 2.45) is 5.92 Å². The van der Waals surface area contributed by atoms with Crippen molar-refractivity contribution in [1.82, 2.24) is 9.80 Å². The highest BCUT2D eigenvalue weighted by molar-refractivity contribution is 14.1. The van der Waals surface area contributed by atoms with E-state index in [0.717, 1.165) is 3.57 Å². The van der Waals surface area contributed by atoms with E-state index in [2.05, 4.69) is 22.6 Å². The Kier molecular flexibility index (Phi) is 5.48. The fourth-order valence-corrected chi connectivity index (χ4v) is 2.82. The maximum atomic E-state index is 12.4. The lowest BCUT2D eigenvalue weighted by Gasteiger charge is -2.35. The van der Waals surface area contributed by atoms with Gasteiger partial charge in [-0.1, -0.05) is 25.4 Å². The van der Waals surface area contributed by atoms with Gasteiger partial charge in [-0.3, -0.25) is 9.59 Å². The number of nitrogens with zero attached hydrogens (tertiary/aromatic N) is 2. The van der Waals surface area contributed by atoms with Gasteiger partial charge in [0.1, 0.15) is 0 Å². The zero-order chi connectivity index (χ0) is 15.6. The van der Waals surface area contributed by atoms with Gasteiger partial charge in [-0.15, -0.1) is 0 Å². The molecule has 1 heterocycles. The van der Waals surface area contributed by atoms with Crippen LogP contribution in [0.4, 0.5) is 0 Å². The van der Waals surface area contributed by atoms with Crippen molar-refractivity contribution in [2.75, 3.05) is 26.2 Å². The van der Waals surface area contributed by atoms with Gasteiger partial charge in [-0.25, -0.2) is 0 Å². The van der Waals surface area contributed by atoms with Gasteiger partial charge in [-0.2, -0.15) is 0 Å². The summed E-state index contributed by atoms with van der Waals surface area (Å²) in [5.74, 6) is 0.131. The molecule has 1 saturated heterocycles. The van der Waals surface area contributed by atoms with Crippen molar-refractivity contribution in [3.8, 4) is 0 Å². The van der Waals surface area contributed by atoms with Crippen LogP contribution >= 0.6 is 34.2 Å². The molecule has 0 bridgehead atoms. The Hall–Kier alpha value is -0.820. The Morgan fingerprint density at radius 3 is 2.24 bits per heavy atom. The molecule has 1 aliphatic rings. The van der Waals surface area contributed by atoms with Crippen LogP contribution in [-0.2, 0) is 4.79 Å². The van der Waals surface area contributed by atoms with Crippen LogP contribution in [0.15, 0.2) is 18.2 Å².